The van der Waals surface area contributed by atoms with Gasteiger partial charge < -0.3 is 4.74 Å². The average molecular weight is 138 g/mol. The van der Waals surface area contributed by atoms with Crippen LogP contribution in [0.25, 0.3) is 0 Å². The first-order chi connectivity index (χ1) is 4.83. The maximum absolute atomic E-state index is 10.8. The fraction of sp³-hybridized carbons (Fsp3) is 0.625. The lowest BCUT2D eigenvalue weighted by Gasteiger charge is -1.95. The van der Waals surface area contributed by atoms with Gasteiger partial charge in [0.15, 0.2) is 0 Å². The highest BCUT2D eigenvalue weighted by Crippen LogP contribution is 2.48. The first kappa shape index (κ1) is 5.96. The molecule has 2 heteroatoms. The molecule has 1 fully saturated rings. The molecule has 2 aliphatic rings. The van der Waals surface area contributed by atoms with Crippen LogP contribution in [0.15, 0.2) is 11.6 Å². The van der Waals surface area contributed by atoms with Crippen LogP contribution in [0.1, 0.15) is 12.8 Å². The van der Waals surface area contributed by atoms with E-state index in [4.69, 9.17) is 0 Å². The van der Waals surface area contributed by atoms with Gasteiger partial charge in [-0.25, -0.2) is 0 Å². The second-order valence-electron chi connectivity index (χ2n) is 2.94. The third kappa shape index (κ3) is 0.838. The van der Waals surface area contributed by atoms with Crippen molar-refractivity contribution in [2.75, 3.05) is 7.11 Å². The SMILES string of the molecule is COC(=O)C1C=C1C1CC1. The molecule has 54 valence electrons. The van der Waals surface area contributed by atoms with Crippen molar-refractivity contribution < 1.29 is 9.53 Å². The van der Waals surface area contributed by atoms with Crippen LogP contribution >= 0.6 is 0 Å². The van der Waals surface area contributed by atoms with Crippen LogP contribution in [0.2, 0.25) is 0 Å². The summed E-state index contributed by atoms with van der Waals surface area (Å²) in [7, 11) is 1.44. The summed E-state index contributed by atoms with van der Waals surface area (Å²) < 4.78 is 4.59. The number of carbonyl (C=O) groups is 1. The molecule has 0 spiro atoms. The Morgan fingerprint density at radius 1 is 1.70 bits per heavy atom. The Morgan fingerprint density at radius 2 is 2.40 bits per heavy atom. The van der Waals surface area contributed by atoms with Gasteiger partial charge in [0.1, 0.15) is 0 Å². The molecule has 1 saturated carbocycles. The number of carbonyl (C=O) groups excluding carboxylic acids is 1. The number of ether oxygens (including phenoxy) is 1. The Bertz CT molecular complexity index is 201. The van der Waals surface area contributed by atoms with Crippen LogP contribution < -0.4 is 0 Å². The van der Waals surface area contributed by atoms with Crippen molar-refractivity contribution in [1.82, 2.24) is 0 Å². The van der Waals surface area contributed by atoms with Gasteiger partial charge in [0, 0.05) is 0 Å². The number of hydrogen-bond acceptors (Lipinski definition) is 2. The summed E-state index contributed by atoms with van der Waals surface area (Å²) in [5, 5.41) is 0. The van der Waals surface area contributed by atoms with Gasteiger partial charge in [-0.15, -0.1) is 0 Å². The highest BCUT2D eigenvalue weighted by Gasteiger charge is 2.42. The van der Waals surface area contributed by atoms with Crippen molar-refractivity contribution in [2.24, 2.45) is 11.8 Å². The Hall–Kier alpha value is -0.790. The molecule has 2 aliphatic carbocycles. The minimum absolute atomic E-state index is 0.0671. The average Bonchev–Trinajstić information content (AvgIpc) is 2.74. The molecule has 10 heavy (non-hydrogen) atoms. The predicted molar refractivity (Wildman–Crippen MR) is 36.3 cm³/mol. The molecule has 0 N–H and O–H groups in total. The zero-order valence-electron chi connectivity index (χ0n) is 5.96. The number of rotatable bonds is 2. The molecule has 0 aromatic carbocycles. The topological polar surface area (TPSA) is 26.3 Å². The molecule has 0 amide bonds. The molecular formula is C8H10O2. The third-order valence-corrected chi connectivity index (χ3v) is 2.11. The highest BCUT2D eigenvalue weighted by molar-refractivity contribution is 5.83. The highest BCUT2D eigenvalue weighted by atomic mass is 16.5. The summed E-state index contributed by atoms with van der Waals surface area (Å²) in [6, 6.07) is 0. The van der Waals surface area contributed by atoms with Gasteiger partial charge in [-0.05, 0) is 18.8 Å². The van der Waals surface area contributed by atoms with E-state index in [1.165, 1.54) is 25.5 Å². The van der Waals surface area contributed by atoms with E-state index in [0.717, 1.165) is 5.92 Å². The largest absolute Gasteiger partial charge is 0.468 e. The van der Waals surface area contributed by atoms with E-state index in [9.17, 15) is 4.79 Å². The van der Waals surface area contributed by atoms with E-state index in [1.54, 1.807) is 0 Å². The van der Waals surface area contributed by atoms with Crippen LogP contribution in [-0.4, -0.2) is 13.1 Å². The molecule has 1 atom stereocenters. The fourth-order valence-electron chi connectivity index (χ4n) is 1.28. The van der Waals surface area contributed by atoms with Crippen molar-refractivity contribution in [3.8, 4) is 0 Å². The fourth-order valence-corrected chi connectivity index (χ4v) is 1.28. The molecule has 0 radical (unpaired) electrons. The Labute approximate surface area is 59.9 Å². The maximum Gasteiger partial charge on any atom is 0.316 e. The minimum Gasteiger partial charge on any atom is -0.468 e. The van der Waals surface area contributed by atoms with Crippen LogP contribution in [0.3, 0.4) is 0 Å². The summed E-state index contributed by atoms with van der Waals surface area (Å²) in [5.41, 5.74) is 1.33. The Morgan fingerprint density at radius 3 is 2.90 bits per heavy atom. The lowest BCUT2D eigenvalue weighted by atomic mass is 10.2. The summed E-state index contributed by atoms with van der Waals surface area (Å²) in [5.74, 6) is 0.725. The van der Waals surface area contributed by atoms with E-state index in [0.29, 0.717) is 0 Å². The van der Waals surface area contributed by atoms with E-state index >= 15 is 0 Å². The van der Waals surface area contributed by atoms with Gasteiger partial charge in [0.25, 0.3) is 0 Å². The standard InChI is InChI=1S/C8H10O2/c1-10-8(9)7-4-6(7)5-2-3-5/h4-5,7H,2-3H2,1H3. The molecule has 0 aromatic rings. The van der Waals surface area contributed by atoms with Gasteiger partial charge in [0.2, 0.25) is 0 Å². The van der Waals surface area contributed by atoms with Crippen molar-refractivity contribution in [1.29, 1.82) is 0 Å². The lowest BCUT2D eigenvalue weighted by molar-refractivity contribution is -0.141. The molecule has 0 aliphatic heterocycles. The minimum atomic E-state index is -0.0816. The van der Waals surface area contributed by atoms with Gasteiger partial charge in [0.05, 0.1) is 13.0 Å². The quantitative estimate of drug-likeness (QED) is 0.422. The van der Waals surface area contributed by atoms with Crippen LogP contribution in [0.4, 0.5) is 0 Å². The normalized spacial score (nSPS) is 29.3. The van der Waals surface area contributed by atoms with Crippen molar-refractivity contribution in [3.05, 3.63) is 11.6 Å². The van der Waals surface area contributed by atoms with Crippen molar-refractivity contribution in [3.63, 3.8) is 0 Å². The van der Waals surface area contributed by atoms with Gasteiger partial charge in [-0.1, -0.05) is 11.6 Å². The van der Waals surface area contributed by atoms with E-state index < -0.39 is 0 Å². The van der Waals surface area contributed by atoms with Gasteiger partial charge in [-0.3, -0.25) is 4.79 Å². The zero-order chi connectivity index (χ0) is 7.14. The smallest absolute Gasteiger partial charge is 0.316 e. The Balaban J connectivity index is 1.86. The first-order valence-corrected chi connectivity index (χ1v) is 3.62. The molecule has 0 bridgehead atoms. The Kier molecular flexibility index (Phi) is 1.10. The molecule has 0 aromatic heterocycles. The summed E-state index contributed by atoms with van der Waals surface area (Å²) in [4.78, 5) is 10.8. The third-order valence-electron chi connectivity index (χ3n) is 2.11. The second kappa shape index (κ2) is 1.84. The van der Waals surface area contributed by atoms with Crippen LogP contribution in [-0.2, 0) is 9.53 Å². The molecule has 1 unspecified atom stereocenters. The van der Waals surface area contributed by atoms with Crippen LogP contribution in [0.5, 0.6) is 0 Å². The lowest BCUT2D eigenvalue weighted by Crippen LogP contribution is -2.05. The molecular weight excluding hydrogens is 128 g/mol. The molecule has 0 heterocycles. The van der Waals surface area contributed by atoms with E-state index in [2.05, 4.69) is 4.74 Å². The maximum atomic E-state index is 10.8. The zero-order valence-corrected chi connectivity index (χ0v) is 5.96. The second-order valence-corrected chi connectivity index (χ2v) is 2.94. The van der Waals surface area contributed by atoms with Gasteiger partial charge in [-0.2, -0.15) is 0 Å². The summed E-state index contributed by atoms with van der Waals surface area (Å²) in [6.07, 6.45) is 4.57. The number of esters is 1. The molecule has 0 saturated heterocycles. The van der Waals surface area contributed by atoms with Crippen molar-refractivity contribution in [2.45, 2.75) is 12.8 Å². The first-order valence-electron chi connectivity index (χ1n) is 3.62. The number of hydrogen-bond donors (Lipinski definition) is 0. The van der Waals surface area contributed by atoms with Crippen molar-refractivity contribution >= 4 is 5.97 Å². The summed E-state index contributed by atoms with van der Waals surface area (Å²) >= 11 is 0. The summed E-state index contributed by atoms with van der Waals surface area (Å²) in [6.45, 7) is 0. The van der Waals surface area contributed by atoms with Gasteiger partial charge >= 0.3 is 5.97 Å². The molecule has 2 nitrogen and oxygen atoms in total. The monoisotopic (exact) mass is 138 g/mol. The van der Waals surface area contributed by atoms with E-state index in [1.807, 2.05) is 6.08 Å². The predicted octanol–water partition coefficient (Wildman–Crippen LogP) is 1.13. The molecule has 2 rings (SSSR count). The number of methoxy groups -OCH3 is 1. The van der Waals surface area contributed by atoms with Crippen LogP contribution in [0, 0.1) is 11.8 Å². The van der Waals surface area contributed by atoms with E-state index in [-0.39, 0.29) is 11.9 Å².